The fraction of sp³-hybridized carbons (Fsp3) is 1.00. The average molecular weight is 253 g/mol. The maximum atomic E-state index is 5.98. The molecule has 0 aromatic rings. The van der Waals surface area contributed by atoms with Crippen molar-refractivity contribution in [2.24, 2.45) is 11.7 Å². The Balaban J connectivity index is 1.70. The smallest absolute Gasteiger partial charge is 0.0117 e. The lowest BCUT2D eigenvalue weighted by Crippen LogP contribution is -2.45. The van der Waals surface area contributed by atoms with Crippen LogP contribution in [-0.2, 0) is 0 Å². The van der Waals surface area contributed by atoms with Gasteiger partial charge >= 0.3 is 0 Å². The highest BCUT2D eigenvalue weighted by Crippen LogP contribution is 2.25. The van der Waals surface area contributed by atoms with E-state index in [4.69, 9.17) is 5.73 Å². The molecule has 2 fully saturated rings. The molecule has 2 aliphatic rings. The highest BCUT2D eigenvalue weighted by Gasteiger charge is 2.25. The monoisotopic (exact) mass is 253 g/mol. The van der Waals surface area contributed by atoms with Crippen molar-refractivity contribution in [2.45, 2.75) is 57.5 Å². The molecule has 0 aromatic carbocycles. The standard InChI is InChI=1S/C15H31N3/c1-3-18-10-8-15(9-11-18)17(2)12-13-4-6-14(16)7-5-13/h13-15H,3-12,16H2,1-2H3. The van der Waals surface area contributed by atoms with Crippen molar-refractivity contribution < 1.29 is 0 Å². The fourth-order valence-electron chi connectivity index (χ4n) is 3.60. The van der Waals surface area contributed by atoms with Crippen molar-refractivity contribution >= 4 is 0 Å². The van der Waals surface area contributed by atoms with Crippen molar-refractivity contribution in [1.29, 1.82) is 0 Å². The molecule has 3 nitrogen and oxygen atoms in total. The first-order valence-corrected chi connectivity index (χ1v) is 7.87. The Labute approximate surface area is 113 Å². The Kier molecular flexibility index (Phi) is 5.46. The van der Waals surface area contributed by atoms with E-state index in [2.05, 4.69) is 23.8 Å². The van der Waals surface area contributed by atoms with Crippen LogP contribution in [0.25, 0.3) is 0 Å². The Bertz CT molecular complexity index is 228. The molecule has 0 spiro atoms. The van der Waals surface area contributed by atoms with Crippen LogP contribution in [-0.4, -0.2) is 55.1 Å². The van der Waals surface area contributed by atoms with E-state index in [0.29, 0.717) is 6.04 Å². The summed E-state index contributed by atoms with van der Waals surface area (Å²) in [6.45, 7) is 7.37. The molecule has 0 radical (unpaired) electrons. The minimum absolute atomic E-state index is 0.486. The minimum Gasteiger partial charge on any atom is -0.328 e. The van der Waals surface area contributed by atoms with E-state index in [0.717, 1.165) is 12.0 Å². The van der Waals surface area contributed by atoms with Gasteiger partial charge in [0.1, 0.15) is 0 Å². The quantitative estimate of drug-likeness (QED) is 0.831. The number of likely N-dealkylation sites (tertiary alicyclic amines) is 1. The number of nitrogens with two attached hydrogens (primary N) is 1. The molecular weight excluding hydrogens is 222 g/mol. The zero-order chi connectivity index (χ0) is 13.0. The molecular formula is C15H31N3. The van der Waals surface area contributed by atoms with Crippen LogP contribution in [0.5, 0.6) is 0 Å². The summed E-state index contributed by atoms with van der Waals surface area (Å²) in [6, 6.07) is 1.31. The number of hydrogen-bond donors (Lipinski definition) is 1. The van der Waals surface area contributed by atoms with Gasteiger partial charge in [0, 0.05) is 18.6 Å². The lowest BCUT2D eigenvalue weighted by Gasteiger charge is -2.38. The van der Waals surface area contributed by atoms with Gasteiger partial charge in [-0.2, -0.15) is 0 Å². The molecule has 0 amide bonds. The fourth-order valence-corrected chi connectivity index (χ4v) is 3.60. The van der Waals surface area contributed by atoms with Gasteiger partial charge in [0.05, 0.1) is 0 Å². The molecule has 1 saturated carbocycles. The second-order valence-corrected chi connectivity index (χ2v) is 6.39. The number of piperidine rings is 1. The van der Waals surface area contributed by atoms with E-state index in [1.165, 1.54) is 64.7 Å². The second-order valence-electron chi connectivity index (χ2n) is 6.39. The van der Waals surface area contributed by atoms with Gasteiger partial charge in [0.25, 0.3) is 0 Å². The highest BCUT2D eigenvalue weighted by molar-refractivity contribution is 4.81. The number of nitrogens with zero attached hydrogens (tertiary/aromatic N) is 2. The first-order chi connectivity index (χ1) is 8.69. The first-order valence-electron chi connectivity index (χ1n) is 7.87. The zero-order valence-electron chi connectivity index (χ0n) is 12.3. The van der Waals surface area contributed by atoms with E-state index >= 15 is 0 Å². The van der Waals surface area contributed by atoms with Crippen LogP contribution in [0.2, 0.25) is 0 Å². The summed E-state index contributed by atoms with van der Waals surface area (Å²) >= 11 is 0. The van der Waals surface area contributed by atoms with Crippen molar-refractivity contribution in [3.8, 4) is 0 Å². The lowest BCUT2D eigenvalue weighted by molar-refractivity contribution is 0.110. The van der Waals surface area contributed by atoms with Crippen LogP contribution in [0.4, 0.5) is 0 Å². The van der Waals surface area contributed by atoms with E-state index in [-0.39, 0.29) is 0 Å². The van der Waals surface area contributed by atoms with E-state index < -0.39 is 0 Å². The van der Waals surface area contributed by atoms with Gasteiger partial charge < -0.3 is 15.5 Å². The van der Waals surface area contributed by atoms with Crippen LogP contribution in [0.3, 0.4) is 0 Å². The van der Waals surface area contributed by atoms with Crippen molar-refractivity contribution in [3.05, 3.63) is 0 Å². The summed E-state index contributed by atoms with van der Waals surface area (Å²) in [5.41, 5.74) is 5.98. The van der Waals surface area contributed by atoms with Crippen molar-refractivity contribution in [2.75, 3.05) is 33.2 Å². The normalized spacial score (nSPS) is 32.0. The van der Waals surface area contributed by atoms with E-state index in [1.807, 2.05) is 0 Å². The molecule has 1 heterocycles. The third kappa shape index (κ3) is 3.94. The van der Waals surface area contributed by atoms with Crippen LogP contribution in [0, 0.1) is 5.92 Å². The maximum Gasteiger partial charge on any atom is 0.0117 e. The van der Waals surface area contributed by atoms with Crippen LogP contribution in [0.1, 0.15) is 45.4 Å². The van der Waals surface area contributed by atoms with E-state index in [1.54, 1.807) is 0 Å². The SMILES string of the molecule is CCN1CCC(N(C)CC2CCC(N)CC2)CC1. The van der Waals surface area contributed by atoms with Gasteiger partial charge in [0.15, 0.2) is 0 Å². The van der Waals surface area contributed by atoms with Gasteiger partial charge in [-0.3, -0.25) is 0 Å². The molecule has 2 rings (SSSR count). The molecule has 1 aliphatic heterocycles. The van der Waals surface area contributed by atoms with Gasteiger partial charge in [-0.15, -0.1) is 0 Å². The molecule has 0 atom stereocenters. The summed E-state index contributed by atoms with van der Waals surface area (Å²) < 4.78 is 0. The van der Waals surface area contributed by atoms with Gasteiger partial charge in [0.2, 0.25) is 0 Å². The van der Waals surface area contributed by atoms with Crippen molar-refractivity contribution in [1.82, 2.24) is 9.80 Å². The largest absolute Gasteiger partial charge is 0.328 e. The maximum absolute atomic E-state index is 5.98. The summed E-state index contributed by atoms with van der Waals surface area (Å²) in [5.74, 6) is 0.902. The first kappa shape index (κ1) is 14.3. The summed E-state index contributed by atoms with van der Waals surface area (Å²) in [5, 5.41) is 0. The predicted molar refractivity (Wildman–Crippen MR) is 77.7 cm³/mol. The molecule has 0 aromatic heterocycles. The molecule has 2 N–H and O–H groups in total. The van der Waals surface area contributed by atoms with Crippen molar-refractivity contribution in [3.63, 3.8) is 0 Å². The van der Waals surface area contributed by atoms with Gasteiger partial charge in [-0.25, -0.2) is 0 Å². The minimum atomic E-state index is 0.486. The average Bonchev–Trinajstić information content (AvgIpc) is 2.41. The Morgan fingerprint density at radius 1 is 1.06 bits per heavy atom. The molecule has 106 valence electrons. The highest BCUT2D eigenvalue weighted by atomic mass is 15.2. The van der Waals surface area contributed by atoms with Crippen LogP contribution >= 0.6 is 0 Å². The Morgan fingerprint density at radius 3 is 2.22 bits per heavy atom. The molecule has 0 unspecified atom stereocenters. The Hall–Kier alpha value is -0.120. The molecule has 18 heavy (non-hydrogen) atoms. The molecule has 1 aliphatic carbocycles. The summed E-state index contributed by atoms with van der Waals surface area (Å²) in [4.78, 5) is 5.21. The number of rotatable bonds is 4. The van der Waals surface area contributed by atoms with E-state index in [9.17, 15) is 0 Å². The van der Waals surface area contributed by atoms with Gasteiger partial charge in [-0.1, -0.05) is 6.92 Å². The van der Waals surface area contributed by atoms with Gasteiger partial charge in [-0.05, 0) is 71.1 Å². The third-order valence-electron chi connectivity index (χ3n) is 5.07. The molecule has 0 bridgehead atoms. The predicted octanol–water partition coefficient (Wildman–Crippen LogP) is 1.92. The topological polar surface area (TPSA) is 32.5 Å². The number of hydrogen-bond acceptors (Lipinski definition) is 3. The van der Waals surface area contributed by atoms with Crippen LogP contribution < -0.4 is 5.73 Å². The lowest BCUT2D eigenvalue weighted by atomic mass is 9.86. The molecule has 3 heteroatoms. The third-order valence-corrected chi connectivity index (χ3v) is 5.07. The summed E-state index contributed by atoms with van der Waals surface area (Å²) in [6.07, 6.45) is 7.89. The Morgan fingerprint density at radius 2 is 1.67 bits per heavy atom. The zero-order valence-corrected chi connectivity index (χ0v) is 12.3. The van der Waals surface area contributed by atoms with Crippen LogP contribution in [0.15, 0.2) is 0 Å². The second kappa shape index (κ2) is 6.88. The molecule has 1 saturated heterocycles. The summed E-state index contributed by atoms with van der Waals surface area (Å²) in [7, 11) is 2.33.